The standard InChI is InChI=1S/C24H23F5O6S2/c25-18-7-8-19(26)22-21(18)23(37(32,33)16-3-1-14(2-4-16)24(27,28)29)10-11-34-20(17(23)13-35-22)9-12-36(30,31)15-5-6-15/h1-4,7-8,15,17,20H,5-6,9-13H2/t17-,20-,23-/m0/s1. The molecule has 0 unspecified atom stereocenters. The van der Waals surface area contributed by atoms with Crippen LogP contribution in [0.1, 0.15) is 36.8 Å². The molecule has 1 aliphatic carbocycles. The van der Waals surface area contributed by atoms with Crippen LogP contribution in [0.3, 0.4) is 0 Å². The molecule has 0 spiro atoms. The lowest BCUT2D eigenvalue weighted by atomic mass is 9.75. The van der Waals surface area contributed by atoms with Crippen LogP contribution in [0.25, 0.3) is 0 Å². The fraction of sp³-hybridized carbons (Fsp3) is 0.500. The van der Waals surface area contributed by atoms with E-state index in [1.165, 1.54) is 0 Å². The summed E-state index contributed by atoms with van der Waals surface area (Å²) in [6.45, 7) is -0.638. The first kappa shape index (κ1) is 26.4. The summed E-state index contributed by atoms with van der Waals surface area (Å²) in [6.07, 6.45) is -5.04. The van der Waals surface area contributed by atoms with Crippen LogP contribution in [0.5, 0.6) is 5.75 Å². The first-order chi connectivity index (χ1) is 17.3. The van der Waals surface area contributed by atoms with Gasteiger partial charge in [-0.15, -0.1) is 0 Å². The molecule has 0 bridgehead atoms. The molecule has 2 aromatic rings. The first-order valence-electron chi connectivity index (χ1n) is 11.7. The number of fused-ring (bicyclic) bond motifs is 3. The fourth-order valence-corrected chi connectivity index (χ4v) is 9.51. The van der Waals surface area contributed by atoms with Gasteiger partial charge in [-0.2, -0.15) is 13.2 Å². The maximum Gasteiger partial charge on any atom is 0.416 e. The van der Waals surface area contributed by atoms with Crippen molar-refractivity contribution in [1.29, 1.82) is 0 Å². The van der Waals surface area contributed by atoms with E-state index >= 15 is 4.39 Å². The van der Waals surface area contributed by atoms with Gasteiger partial charge in [0.2, 0.25) is 0 Å². The Balaban J connectivity index is 1.64. The Bertz CT molecular complexity index is 1420. The number of sulfone groups is 2. The van der Waals surface area contributed by atoms with Gasteiger partial charge in [-0.1, -0.05) is 0 Å². The number of benzene rings is 2. The van der Waals surface area contributed by atoms with E-state index in [0.29, 0.717) is 25.0 Å². The molecular weight excluding hydrogens is 543 g/mol. The van der Waals surface area contributed by atoms with Crippen LogP contribution in [-0.2, 0) is 35.3 Å². The van der Waals surface area contributed by atoms with Gasteiger partial charge in [-0.3, -0.25) is 0 Å². The molecule has 2 aromatic carbocycles. The summed E-state index contributed by atoms with van der Waals surface area (Å²) >= 11 is 0. The number of hydrogen-bond donors (Lipinski definition) is 0. The Kier molecular flexibility index (Phi) is 6.35. The Morgan fingerprint density at radius 3 is 2.22 bits per heavy atom. The smallest absolute Gasteiger partial charge is 0.416 e. The van der Waals surface area contributed by atoms with Crippen molar-refractivity contribution < 1.29 is 48.3 Å². The van der Waals surface area contributed by atoms with E-state index in [4.69, 9.17) is 9.47 Å². The molecule has 1 saturated heterocycles. The maximum absolute atomic E-state index is 15.4. The van der Waals surface area contributed by atoms with Gasteiger partial charge in [0.25, 0.3) is 0 Å². The molecule has 0 aromatic heterocycles. The summed E-state index contributed by atoms with van der Waals surface area (Å²) in [7, 11) is -8.11. The molecule has 2 aliphatic heterocycles. The Labute approximate surface area is 210 Å². The molecule has 0 amide bonds. The van der Waals surface area contributed by atoms with Crippen molar-refractivity contribution >= 4 is 19.7 Å². The van der Waals surface area contributed by atoms with Crippen LogP contribution in [0.2, 0.25) is 0 Å². The van der Waals surface area contributed by atoms with Crippen LogP contribution < -0.4 is 4.74 Å². The van der Waals surface area contributed by atoms with E-state index in [1.807, 2.05) is 0 Å². The second-order valence-electron chi connectivity index (χ2n) is 9.58. The zero-order valence-corrected chi connectivity index (χ0v) is 20.9. The summed E-state index contributed by atoms with van der Waals surface area (Å²) in [6, 6.07) is 4.37. The number of ether oxygens (including phenoxy) is 2. The lowest BCUT2D eigenvalue weighted by Gasteiger charge is -2.50. The van der Waals surface area contributed by atoms with Crippen molar-refractivity contribution in [2.45, 2.75) is 52.9 Å². The minimum Gasteiger partial charge on any atom is -0.490 e. The normalized spacial score (nSPS) is 26.2. The van der Waals surface area contributed by atoms with Crippen molar-refractivity contribution in [2.75, 3.05) is 19.0 Å². The van der Waals surface area contributed by atoms with Crippen LogP contribution in [0.4, 0.5) is 22.0 Å². The van der Waals surface area contributed by atoms with Crippen LogP contribution in [0, 0.1) is 17.6 Å². The third-order valence-corrected chi connectivity index (χ3v) is 12.3. The molecular formula is C24H23F5O6S2. The third-order valence-electron chi connectivity index (χ3n) is 7.43. The Hall–Kier alpha value is -2.25. The highest BCUT2D eigenvalue weighted by Gasteiger charge is 2.61. The molecule has 1 saturated carbocycles. The number of alkyl halides is 3. The van der Waals surface area contributed by atoms with E-state index < -0.39 is 87.9 Å². The largest absolute Gasteiger partial charge is 0.490 e. The van der Waals surface area contributed by atoms with E-state index in [0.717, 1.165) is 24.3 Å². The number of hydrogen-bond acceptors (Lipinski definition) is 6. The lowest BCUT2D eigenvalue weighted by molar-refractivity contribution is -0.137. The van der Waals surface area contributed by atoms with E-state index in [1.54, 1.807) is 0 Å². The van der Waals surface area contributed by atoms with Crippen LogP contribution >= 0.6 is 0 Å². The average molecular weight is 567 g/mol. The number of halogens is 5. The summed E-state index contributed by atoms with van der Waals surface area (Å²) in [4.78, 5) is -0.506. The topological polar surface area (TPSA) is 86.7 Å². The summed E-state index contributed by atoms with van der Waals surface area (Å²) < 4.78 is 132. The quantitative estimate of drug-likeness (QED) is 0.482. The van der Waals surface area contributed by atoms with Gasteiger partial charge in [0.15, 0.2) is 31.2 Å². The van der Waals surface area contributed by atoms with E-state index in [9.17, 15) is 34.4 Å². The molecule has 0 N–H and O–H groups in total. The Morgan fingerprint density at radius 1 is 0.946 bits per heavy atom. The van der Waals surface area contributed by atoms with Crippen molar-refractivity contribution in [3.63, 3.8) is 0 Å². The van der Waals surface area contributed by atoms with E-state index in [2.05, 4.69) is 0 Å². The van der Waals surface area contributed by atoms with Crippen molar-refractivity contribution in [3.05, 3.63) is 59.2 Å². The Morgan fingerprint density at radius 2 is 1.59 bits per heavy atom. The minimum atomic E-state index is -4.71. The van der Waals surface area contributed by atoms with Crippen LogP contribution in [-0.4, -0.2) is 47.2 Å². The van der Waals surface area contributed by atoms with Crippen molar-refractivity contribution in [2.24, 2.45) is 5.92 Å². The zero-order chi connectivity index (χ0) is 26.8. The van der Waals surface area contributed by atoms with Crippen molar-refractivity contribution in [1.82, 2.24) is 0 Å². The van der Waals surface area contributed by atoms with Gasteiger partial charge in [-0.05, 0) is 62.1 Å². The van der Waals surface area contributed by atoms with Gasteiger partial charge in [0.05, 0.1) is 39.7 Å². The lowest BCUT2D eigenvalue weighted by Crippen LogP contribution is -2.57. The monoisotopic (exact) mass is 566 g/mol. The van der Waals surface area contributed by atoms with Gasteiger partial charge in [-0.25, -0.2) is 25.6 Å². The predicted octanol–water partition coefficient (Wildman–Crippen LogP) is 4.42. The SMILES string of the molecule is O=S(=O)(CC[C@@H]1OCC[C@@]2(S(=O)(=O)c3ccc(C(F)(F)F)cc3)c3c(F)ccc(F)c3OC[C@@H]12)C1CC1. The average Bonchev–Trinajstić information content (AvgIpc) is 3.70. The van der Waals surface area contributed by atoms with Gasteiger partial charge < -0.3 is 9.47 Å². The molecule has 6 nitrogen and oxygen atoms in total. The second-order valence-corrected chi connectivity index (χ2v) is 14.2. The predicted molar refractivity (Wildman–Crippen MR) is 121 cm³/mol. The number of rotatable bonds is 6. The summed E-state index contributed by atoms with van der Waals surface area (Å²) in [5, 5.41) is -0.452. The highest BCUT2D eigenvalue weighted by molar-refractivity contribution is 7.92. The molecule has 3 atom stereocenters. The van der Waals surface area contributed by atoms with Gasteiger partial charge >= 0.3 is 6.18 Å². The molecule has 13 heteroatoms. The summed E-state index contributed by atoms with van der Waals surface area (Å²) in [5.41, 5.74) is -1.62. The first-order valence-corrected chi connectivity index (χ1v) is 14.9. The zero-order valence-electron chi connectivity index (χ0n) is 19.3. The molecule has 202 valence electrons. The fourth-order valence-electron chi connectivity index (χ4n) is 5.42. The molecule has 2 heterocycles. The maximum atomic E-state index is 15.4. The summed E-state index contributed by atoms with van der Waals surface area (Å²) in [5.74, 6) is -4.06. The second kappa shape index (κ2) is 8.91. The molecule has 37 heavy (non-hydrogen) atoms. The molecule has 0 radical (unpaired) electrons. The van der Waals surface area contributed by atoms with Crippen molar-refractivity contribution in [3.8, 4) is 5.75 Å². The minimum absolute atomic E-state index is 0.0938. The highest BCUT2D eigenvalue weighted by atomic mass is 32.2. The van der Waals surface area contributed by atoms with Gasteiger partial charge in [0, 0.05) is 12.5 Å². The van der Waals surface area contributed by atoms with E-state index in [-0.39, 0.29) is 25.2 Å². The highest BCUT2D eigenvalue weighted by Crippen LogP contribution is 2.56. The third kappa shape index (κ3) is 4.32. The molecule has 5 rings (SSSR count). The molecule has 2 fully saturated rings. The van der Waals surface area contributed by atoms with Gasteiger partial charge in [0.1, 0.15) is 10.6 Å². The molecule has 3 aliphatic rings. The van der Waals surface area contributed by atoms with Crippen LogP contribution in [0.15, 0.2) is 41.3 Å².